The van der Waals surface area contributed by atoms with Crippen LogP contribution in [0.3, 0.4) is 0 Å². The zero-order valence-corrected chi connectivity index (χ0v) is 20.8. The van der Waals surface area contributed by atoms with E-state index in [4.69, 9.17) is 0 Å². The van der Waals surface area contributed by atoms with Gasteiger partial charge in [-0.3, -0.25) is 0 Å². The van der Waals surface area contributed by atoms with Gasteiger partial charge in [-0.05, 0) is 116 Å². The van der Waals surface area contributed by atoms with Crippen LogP contribution in [0.5, 0.6) is 0 Å². The molecule has 0 aromatic rings. The maximum absolute atomic E-state index is 2.76. The van der Waals surface area contributed by atoms with Crippen LogP contribution in [0, 0.1) is 58.2 Å². The van der Waals surface area contributed by atoms with Gasteiger partial charge >= 0.3 is 0 Å². The Balaban J connectivity index is 1.45. The van der Waals surface area contributed by atoms with Crippen LogP contribution in [0.15, 0.2) is 0 Å². The minimum absolute atomic E-state index is 0.669. The smallest absolute Gasteiger partial charge is 0.0264 e. The Morgan fingerprint density at radius 3 is 2.24 bits per heavy atom. The van der Waals surface area contributed by atoms with E-state index in [0.717, 1.165) is 47.3 Å². The van der Waals surface area contributed by atoms with E-state index in [-0.39, 0.29) is 0 Å². The number of rotatable bonds is 6. The molecule has 0 N–H and O–H groups in total. The van der Waals surface area contributed by atoms with E-state index < -0.39 is 0 Å². The van der Waals surface area contributed by atoms with Gasteiger partial charge in [0.2, 0.25) is 0 Å². The third kappa shape index (κ3) is 3.86. The predicted octanol–water partition coefficient (Wildman–Crippen LogP) is 9.13. The van der Waals surface area contributed by atoms with Gasteiger partial charge in [0.25, 0.3) is 0 Å². The lowest BCUT2D eigenvalue weighted by molar-refractivity contribution is -0.121. The SMILES string of the molecule is CC[C@@H]1CCC2(C)C(CCC3C2CCC2(C)C(C(C)CCCC(C)C)CC[C@@H]32)C1. The van der Waals surface area contributed by atoms with Crippen LogP contribution >= 0.6 is 0 Å². The van der Waals surface area contributed by atoms with E-state index in [1.54, 1.807) is 51.4 Å². The molecule has 0 heterocycles. The quantitative estimate of drug-likeness (QED) is 0.417. The molecule has 4 rings (SSSR count). The Morgan fingerprint density at radius 2 is 1.52 bits per heavy atom. The maximum atomic E-state index is 2.76. The molecule has 0 nitrogen and oxygen atoms in total. The minimum Gasteiger partial charge on any atom is -0.0651 e. The Kier molecular flexibility index (Phi) is 6.51. The Bertz CT molecular complexity index is 548. The molecule has 0 spiro atoms. The fraction of sp³-hybridized carbons (Fsp3) is 1.00. The van der Waals surface area contributed by atoms with Crippen LogP contribution in [0.2, 0.25) is 0 Å². The topological polar surface area (TPSA) is 0 Å². The summed E-state index contributed by atoms with van der Waals surface area (Å²) in [5.74, 6) is 8.13. The van der Waals surface area contributed by atoms with E-state index in [2.05, 4.69) is 41.5 Å². The maximum Gasteiger partial charge on any atom is -0.0264 e. The number of hydrogen-bond acceptors (Lipinski definition) is 0. The van der Waals surface area contributed by atoms with Crippen molar-refractivity contribution in [3.05, 3.63) is 0 Å². The van der Waals surface area contributed by atoms with Crippen LogP contribution in [0.25, 0.3) is 0 Å². The third-order valence-electron chi connectivity index (χ3n) is 11.6. The molecule has 4 aliphatic rings. The highest BCUT2D eigenvalue weighted by molar-refractivity contribution is 5.09. The third-order valence-corrected chi connectivity index (χ3v) is 11.6. The molecule has 0 aromatic carbocycles. The number of fused-ring (bicyclic) bond motifs is 5. The monoisotopic (exact) mass is 400 g/mol. The van der Waals surface area contributed by atoms with Crippen molar-refractivity contribution in [2.24, 2.45) is 58.2 Å². The lowest BCUT2D eigenvalue weighted by Gasteiger charge is -2.61. The normalized spacial score (nSPS) is 48.1. The van der Waals surface area contributed by atoms with Gasteiger partial charge in [0.05, 0.1) is 0 Å². The van der Waals surface area contributed by atoms with Gasteiger partial charge in [-0.2, -0.15) is 0 Å². The highest BCUT2D eigenvalue weighted by Gasteiger charge is 2.60. The van der Waals surface area contributed by atoms with Crippen LogP contribution < -0.4 is 0 Å². The van der Waals surface area contributed by atoms with Crippen molar-refractivity contribution in [2.75, 3.05) is 0 Å². The zero-order chi connectivity index (χ0) is 20.8. The molecule has 4 aliphatic carbocycles. The van der Waals surface area contributed by atoms with Crippen molar-refractivity contribution < 1.29 is 0 Å². The summed E-state index contributed by atoms with van der Waals surface area (Å²) in [5, 5.41) is 0. The summed E-state index contributed by atoms with van der Waals surface area (Å²) in [5.41, 5.74) is 1.36. The van der Waals surface area contributed by atoms with Crippen LogP contribution in [0.1, 0.15) is 125 Å². The summed E-state index contributed by atoms with van der Waals surface area (Å²) in [7, 11) is 0. The molecule has 168 valence electrons. The fourth-order valence-electron chi connectivity index (χ4n) is 9.74. The van der Waals surface area contributed by atoms with Crippen molar-refractivity contribution in [2.45, 2.75) is 125 Å². The lowest BCUT2D eigenvalue weighted by atomic mass is 9.44. The van der Waals surface area contributed by atoms with Gasteiger partial charge in [0, 0.05) is 0 Å². The first-order valence-electron chi connectivity index (χ1n) is 13.8. The second-order valence-corrected chi connectivity index (χ2v) is 13.2. The molecule has 0 radical (unpaired) electrons. The van der Waals surface area contributed by atoms with E-state index >= 15 is 0 Å². The van der Waals surface area contributed by atoms with Crippen molar-refractivity contribution in [1.82, 2.24) is 0 Å². The Hall–Kier alpha value is 0. The first-order chi connectivity index (χ1) is 13.8. The van der Waals surface area contributed by atoms with E-state index in [9.17, 15) is 0 Å². The largest absolute Gasteiger partial charge is 0.0651 e. The molecule has 0 aromatic heterocycles. The summed E-state index contributed by atoms with van der Waals surface area (Å²) in [6.07, 6.45) is 19.8. The average molecular weight is 401 g/mol. The second-order valence-electron chi connectivity index (χ2n) is 13.2. The second kappa shape index (κ2) is 8.50. The molecule has 7 unspecified atom stereocenters. The summed E-state index contributed by atoms with van der Waals surface area (Å²) in [6, 6.07) is 0. The minimum atomic E-state index is 0.669. The van der Waals surface area contributed by atoms with Crippen molar-refractivity contribution in [3.8, 4) is 0 Å². The van der Waals surface area contributed by atoms with E-state index in [0.29, 0.717) is 10.8 Å². The standard InChI is InChI=1S/C29H52/c1-7-22-15-17-28(5)23(19-22)11-12-24-26-14-13-25(21(4)10-8-9-20(2)3)29(26,6)18-16-27(24)28/h20-27H,7-19H2,1-6H3/t21?,22-,23?,24?,25?,26+,27?,28?,29?/m1/s1. The molecule has 0 bridgehead atoms. The predicted molar refractivity (Wildman–Crippen MR) is 127 cm³/mol. The highest BCUT2D eigenvalue weighted by atomic mass is 14.6. The average Bonchev–Trinajstić information content (AvgIpc) is 3.04. The molecular formula is C29H52. The summed E-state index contributed by atoms with van der Waals surface area (Å²) in [6.45, 7) is 15.4. The molecule has 4 saturated carbocycles. The van der Waals surface area contributed by atoms with Crippen molar-refractivity contribution >= 4 is 0 Å². The van der Waals surface area contributed by atoms with E-state index in [1.807, 2.05) is 0 Å². The van der Waals surface area contributed by atoms with Gasteiger partial charge in [-0.1, -0.05) is 67.2 Å². The van der Waals surface area contributed by atoms with Crippen molar-refractivity contribution in [3.63, 3.8) is 0 Å². The van der Waals surface area contributed by atoms with Crippen LogP contribution in [-0.4, -0.2) is 0 Å². The highest BCUT2D eigenvalue weighted by Crippen LogP contribution is 2.68. The van der Waals surface area contributed by atoms with Gasteiger partial charge in [-0.25, -0.2) is 0 Å². The summed E-state index contributed by atoms with van der Waals surface area (Å²) in [4.78, 5) is 0. The zero-order valence-electron chi connectivity index (χ0n) is 20.8. The van der Waals surface area contributed by atoms with E-state index in [1.165, 1.54) is 32.1 Å². The first kappa shape index (κ1) is 22.2. The van der Waals surface area contributed by atoms with Gasteiger partial charge in [-0.15, -0.1) is 0 Å². The van der Waals surface area contributed by atoms with Gasteiger partial charge in [0.15, 0.2) is 0 Å². The lowest BCUT2D eigenvalue weighted by Crippen LogP contribution is -2.53. The molecule has 0 amide bonds. The molecule has 0 heteroatoms. The van der Waals surface area contributed by atoms with Crippen LogP contribution in [-0.2, 0) is 0 Å². The first-order valence-corrected chi connectivity index (χ1v) is 13.8. The summed E-state index contributed by atoms with van der Waals surface area (Å²) < 4.78 is 0. The van der Waals surface area contributed by atoms with Gasteiger partial charge in [0.1, 0.15) is 0 Å². The fourth-order valence-corrected chi connectivity index (χ4v) is 9.74. The Morgan fingerprint density at radius 1 is 0.793 bits per heavy atom. The molecular weight excluding hydrogens is 348 g/mol. The molecule has 0 aliphatic heterocycles. The molecule has 29 heavy (non-hydrogen) atoms. The molecule has 4 fully saturated rings. The van der Waals surface area contributed by atoms with Gasteiger partial charge < -0.3 is 0 Å². The summed E-state index contributed by atoms with van der Waals surface area (Å²) >= 11 is 0. The molecule has 0 saturated heterocycles. The molecule has 9 atom stereocenters. The Labute approximate surface area is 183 Å². The number of hydrogen-bond donors (Lipinski definition) is 0. The van der Waals surface area contributed by atoms with Crippen molar-refractivity contribution in [1.29, 1.82) is 0 Å². The van der Waals surface area contributed by atoms with Crippen LogP contribution in [0.4, 0.5) is 0 Å².